The highest BCUT2D eigenvalue weighted by molar-refractivity contribution is 6.06. The number of amides is 2. The fourth-order valence-corrected chi connectivity index (χ4v) is 3.28. The monoisotopic (exact) mass is 297 g/mol. The van der Waals surface area contributed by atoms with Crippen LogP contribution >= 0.6 is 0 Å². The van der Waals surface area contributed by atoms with Crippen LogP contribution in [0.3, 0.4) is 0 Å². The van der Waals surface area contributed by atoms with Gasteiger partial charge in [-0.1, -0.05) is 12.6 Å². The molecule has 114 valence electrons. The molecule has 1 saturated heterocycles. The Kier molecular flexibility index (Phi) is 3.48. The SMILES string of the molecule is C=CC(=O)N1CC[C@H](c2ccc(C(N)=O)c3[nH]c(C)cc23)C1. The van der Waals surface area contributed by atoms with E-state index in [1.54, 1.807) is 6.07 Å². The maximum absolute atomic E-state index is 11.7. The number of hydrogen-bond donors (Lipinski definition) is 2. The molecule has 2 heterocycles. The zero-order valence-corrected chi connectivity index (χ0v) is 12.6. The van der Waals surface area contributed by atoms with Gasteiger partial charge in [0.15, 0.2) is 0 Å². The van der Waals surface area contributed by atoms with Crippen LogP contribution in [0.2, 0.25) is 0 Å². The second kappa shape index (κ2) is 5.33. The van der Waals surface area contributed by atoms with Crippen LogP contribution in [0.4, 0.5) is 0 Å². The standard InChI is InChI=1S/C17H19N3O2/c1-3-15(21)20-7-6-11(9-20)12-4-5-13(17(18)22)16-14(12)8-10(2)19-16/h3-5,8,11,19H,1,6-7,9H2,2H3,(H2,18,22)/t11-/m0/s1. The molecule has 5 heteroatoms. The van der Waals surface area contributed by atoms with Crippen molar-refractivity contribution in [1.29, 1.82) is 0 Å². The Morgan fingerprint density at radius 2 is 2.23 bits per heavy atom. The molecule has 0 saturated carbocycles. The highest BCUT2D eigenvalue weighted by atomic mass is 16.2. The minimum absolute atomic E-state index is 0.0299. The number of likely N-dealkylation sites (tertiary alicyclic amines) is 1. The molecular formula is C17H19N3O2. The lowest BCUT2D eigenvalue weighted by atomic mass is 9.93. The number of H-pyrrole nitrogens is 1. The fourth-order valence-electron chi connectivity index (χ4n) is 3.28. The first-order chi connectivity index (χ1) is 10.5. The lowest BCUT2D eigenvalue weighted by molar-refractivity contribution is -0.125. The summed E-state index contributed by atoms with van der Waals surface area (Å²) in [5.41, 5.74) is 8.89. The molecule has 1 aromatic heterocycles. The first-order valence-electron chi connectivity index (χ1n) is 7.34. The van der Waals surface area contributed by atoms with Gasteiger partial charge in [0.05, 0.1) is 11.1 Å². The van der Waals surface area contributed by atoms with E-state index in [0.717, 1.165) is 35.1 Å². The number of nitrogens with two attached hydrogens (primary N) is 1. The average Bonchev–Trinajstić information content (AvgIpc) is 3.10. The van der Waals surface area contributed by atoms with Crippen LogP contribution in [0.5, 0.6) is 0 Å². The quantitative estimate of drug-likeness (QED) is 0.851. The van der Waals surface area contributed by atoms with Crippen molar-refractivity contribution in [3.05, 3.63) is 47.7 Å². The number of aryl methyl sites for hydroxylation is 1. The van der Waals surface area contributed by atoms with Crippen LogP contribution in [0.25, 0.3) is 10.9 Å². The molecule has 3 rings (SSSR count). The fraction of sp³-hybridized carbons (Fsp3) is 0.294. The molecule has 1 aromatic carbocycles. The van der Waals surface area contributed by atoms with Gasteiger partial charge in [-0.05, 0) is 37.1 Å². The van der Waals surface area contributed by atoms with Gasteiger partial charge in [0.25, 0.3) is 5.91 Å². The van der Waals surface area contributed by atoms with Gasteiger partial charge in [0.2, 0.25) is 5.91 Å². The Bertz CT molecular complexity index is 776. The summed E-state index contributed by atoms with van der Waals surface area (Å²) in [6.07, 6.45) is 2.27. The molecule has 1 aliphatic heterocycles. The number of aromatic amines is 1. The smallest absolute Gasteiger partial charge is 0.250 e. The third kappa shape index (κ3) is 2.28. The molecule has 0 unspecified atom stereocenters. The van der Waals surface area contributed by atoms with E-state index in [2.05, 4.69) is 11.6 Å². The third-order valence-corrected chi connectivity index (χ3v) is 4.34. The van der Waals surface area contributed by atoms with Crippen molar-refractivity contribution >= 4 is 22.7 Å². The Balaban J connectivity index is 2.02. The van der Waals surface area contributed by atoms with E-state index in [1.807, 2.05) is 24.0 Å². The molecule has 1 fully saturated rings. The van der Waals surface area contributed by atoms with E-state index in [1.165, 1.54) is 6.08 Å². The van der Waals surface area contributed by atoms with Gasteiger partial charge in [-0.25, -0.2) is 0 Å². The van der Waals surface area contributed by atoms with E-state index >= 15 is 0 Å². The number of nitrogens with zero attached hydrogens (tertiary/aromatic N) is 1. The van der Waals surface area contributed by atoms with Gasteiger partial charge in [0.1, 0.15) is 0 Å². The lowest BCUT2D eigenvalue weighted by Gasteiger charge is -2.15. The summed E-state index contributed by atoms with van der Waals surface area (Å²) < 4.78 is 0. The number of fused-ring (bicyclic) bond motifs is 1. The summed E-state index contributed by atoms with van der Waals surface area (Å²) in [5.74, 6) is -0.199. The molecule has 22 heavy (non-hydrogen) atoms. The van der Waals surface area contributed by atoms with Crippen LogP contribution in [0.1, 0.15) is 34.0 Å². The number of primary amides is 1. The molecule has 1 aliphatic rings. The normalized spacial score (nSPS) is 17.9. The minimum Gasteiger partial charge on any atom is -0.366 e. The molecule has 0 radical (unpaired) electrons. The second-order valence-electron chi connectivity index (χ2n) is 5.78. The van der Waals surface area contributed by atoms with Gasteiger partial charge in [-0.2, -0.15) is 0 Å². The van der Waals surface area contributed by atoms with Crippen LogP contribution < -0.4 is 5.73 Å². The van der Waals surface area contributed by atoms with Crippen LogP contribution in [0.15, 0.2) is 30.9 Å². The number of rotatable bonds is 3. The number of hydrogen-bond acceptors (Lipinski definition) is 2. The van der Waals surface area contributed by atoms with Crippen LogP contribution in [-0.2, 0) is 4.79 Å². The first-order valence-corrected chi connectivity index (χ1v) is 7.34. The predicted octanol–water partition coefficient (Wildman–Crippen LogP) is 2.08. The van der Waals surface area contributed by atoms with Gasteiger partial charge < -0.3 is 15.6 Å². The molecule has 3 N–H and O–H groups in total. The maximum atomic E-state index is 11.7. The van der Waals surface area contributed by atoms with E-state index in [9.17, 15) is 9.59 Å². The molecule has 5 nitrogen and oxygen atoms in total. The molecule has 0 aliphatic carbocycles. The number of nitrogens with one attached hydrogen (secondary N) is 1. The summed E-state index contributed by atoms with van der Waals surface area (Å²) >= 11 is 0. The van der Waals surface area contributed by atoms with Crippen molar-refractivity contribution in [1.82, 2.24) is 9.88 Å². The van der Waals surface area contributed by atoms with Gasteiger partial charge >= 0.3 is 0 Å². The Morgan fingerprint density at radius 1 is 1.45 bits per heavy atom. The zero-order valence-electron chi connectivity index (χ0n) is 12.6. The third-order valence-electron chi connectivity index (χ3n) is 4.34. The van der Waals surface area contributed by atoms with E-state index in [4.69, 9.17) is 5.73 Å². The number of aromatic nitrogens is 1. The highest BCUT2D eigenvalue weighted by Gasteiger charge is 2.28. The molecule has 1 atom stereocenters. The molecule has 2 aromatic rings. The Hall–Kier alpha value is -2.56. The zero-order chi connectivity index (χ0) is 15.9. The van der Waals surface area contributed by atoms with Gasteiger partial charge in [-0.15, -0.1) is 0 Å². The molecule has 0 spiro atoms. The molecule has 2 amide bonds. The van der Waals surface area contributed by atoms with E-state index in [0.29, 0.717) is 12.1 Å². The average molecular weight is 297 g/mol. The van der Waals surface area contributed by atoms with Crippen molar-refractivity contribution in [2.45, 2.75) is 19.3 Å². The van der Waals surface area contributed by atoms with Crippen molar-refractivity contribution in [2.75, 3.05) is 13.1 Å². The maximum Gasteiger partial charge on any atom is 0.250 e. The van der Waals surface area contributed by atoms with Crippen molar-refractivity contribution in [2.24, 2.45) is 5.73 Å². The van der Waals surface area contributed by atoms with Gasteiger partial charge in [0, 0.05) is 30.1 Å². The topological polar surface area (TPSA) is 79.2 Å². The van der Waals surface area contributed by atoms with Crippen molar-refractivity contribution in [3.8, 4) is 0 Å². The van der Waals surface area contributed by atoms with Crippen LogP contribution in [0, 0.1) is 6.92 Å². The van der Waals surface area contributed by atoms with Crippen molar-refractivity contribution < 1.29 is 9.59 Å². The summed E-state index contributed by atoms with van der Waals surface area (Å²) in [5, 5.41) is 1.02. The highest BCUT2D eigenvalue weighted by Crippen LogP contribution is 2.34. The van der Waals surface area contributed by atoms with E-state index < -0.39 is 5.91 Å². The van der Waals surface area contributed by atoms with E-state index in [-0.39, 0.29) is 11.8 Å². The lowest BCUT2D eigenvalue weighted by Crippen LogP contribution is -2.26. The van der Waals surface area contributed by atoms with Gasteiger partial charge in [-0.3, -0.25) is 9.59 Å². The second-order valence-corrected chi connectivity index (χ2v) is 5.78. The Labute approximate surface area is 128 Å². The first kappa shape index (κ1) is 14.4. The number of carbonyl (C=O) groups is 2. The molecule has 0 bridgehead atoms. The minimum atomic E-state index is -0.437. The number of benzene rings is 1. The summed E-state index contributed by atoms with van der Waals surface area (Å²) in [6, 6.07) is 5.77. The Morgan fingerprint density at radius 3 is 2.91 bits per heavy atom. The van der Waals surface area contributed by atoms with Crippen molar-refractivity contribution in [3.63, 3.8) is 0 Å². The van der Waals surface area contributed by atoms with Crippen LogP contribution in [-0.4, -0.2) is 34.8 Å². The largest absolute Gasteiger partial charge is 0.366 e. The predicted molar refractivity (Wildman–Crippen MR) is 85.7 cm³/mol. The summed E-state index contributed by atoms with van der Waals surface area (Å²) in [6.45, 7) is 6.91. The summed E-state index contributed by atoms with van der Waals surface area (Å²) in [4.78, 5) is 28.3. The summed E-state index contributed by atoms with van der Waals surface area (Å²) in [7, 11) is 0. The molecular weight excluding hydrogens is 278 g/mol. The number of carbonyl (C=O) groups excluding carboxylic acids is 2.